The Bertz CT molecular complexity index is 963. The predicted octanol–water partition coefficient (Wildman–Crippen LogP) is 4.12. The average Bonchev–Trinajstić information content (AvgIpc) is 3.05. The van der Waals surface area contributed by atoms with Crippen molar-refractivity contribution in [3.8, 4) is 0 Å². The lowest BCUT2D eigenvalue weighted by Crippen LogP contribution is -2.37. The molecule has 0 fully saturated rings. The third-order valence-electron chi connectivity index (χ3n) is 4.46. The molecule has 0 bridgehead atoms. The van der Waals surface area contributed by atoms with Gasteiger partial charge in [-0.2, -0.15) is 0 Å². The van der Waals surface area contributed by atoms with Crippen molar-refractivity contribution in [3.05, 3.63) is 64.2 Å². The van der Waals surface area contributed by atoms with Gasteiger partial charge >= 0.3 is 5.97 Å². The first kappa shape index (κ1) is 19.0. The van der Waals surface area contributed by atoms with Crippen LogP contribution in [0.3, 0.4) is 0 Å². The summed E-state index contributed by atoms with van der Waals surface area (Å²) in [4.78, 5) is 31.0. The van der Waals surface area contributed by atoms with E-state index in [9.17, 15) is 9.59 Å². The SMILES string of the molecule is Cc1ccc(C(=O)OC(C)C(=O)N(C)Cc2nc3ccccc3s2)cc1C. The number of fused-ring (bicyclic) bond motifs is 1. The molecule has 0 spiro atoms. The number of hydrogen-bond acceptors (Lipinski definition) is 5. The minimum absolute atomic E-state index is 0.258. The minimum Gasteiger partial charge on any atom is -0.449 e. The van der Waals surface area contributed by atoms with Gasteiger partial charge in [-0.05, 0) is 56.2 Å². The van der Waals surface area contributed by atoms with Crippen molar-refractivity contribution < 1.29 is 14.3 Å². The zero-order chi connectivity index (χ0) is 19.6. The van der Waals surface area contributed by atoms with Crippen LogP contribution in [0.1, 0.15) is 33.4 Å². The molecule has 5 nitrogen and oxygen atoms in total. The summed E-state index contributed by atoms with van der Waals surface area (Å²) in [7, 11) is 1.69. The summed E-state index contributed by atoms with van der Waals surface area (Å²) in [5, 5.41) is 0.847. The number of carbonyl (C=O) groups is 2. The monoisotopic (exact) mass is 382 g/mol. The predicted molar refractivity (Wildman–Crippen MR) is 107 cm³/mol. The molecule has 0 radical (unpaired) electrons. The largest absolute Gasteiger partial charge is 0.449 e. The van der Waals surface area contributed by atoms with Crippen molar-refractivity contribution in [1.29, 1.82) is 0 Å². The highest BCUT2D eigenvalue weighted by atomic mass is 32.1. The van der Waals surface area contributed by atoms with E-state index in [2.05, 4.69) is 4.98 Å². The van der Waals surface area contributed by atoms with Gasteiger partial charge in [-0.25, -0.2) is 9.78 Å². The molecule has 0 saturated heterocycles. The Labute approximate surface area is 162 Å². The number of amides is 1. The standard InChI is InChI=1S/C21H22N2O3S/c1-13-9-10-16(11-14(13)2)21(25)26-15(3)20(24)23(4)12-19-22-17-7-5-6-8-18(17)27-19/h5-11,15H,12H2,1-4H3. The van der Waals surface area contributed by atoms with Gasteiger partial charge in [0.05, 0.1) is 22.3 Å². The number of esters is 1. The van der Waals surface area contributed by atoms with Gasteiger partial charge in [0.15, 0.2) is 6.10 Å². The van der Waals surface area contributed by atoms with E-state index in [-0.39, 0.29) is 5.91 Å². The Balaban J connectivity index is 1.63. The lowest BCUT2D eigenvalue weighted by molar-refractivity contribution is -0.139. The Hall–Kier alpha value is -2.73. The highest BCUT2D eigenvalue weighted by Crippen LogP contribution is 2.22. The van der Waals surface area contributed by atoms with E-state index in [1.165, 1.54) is 4.90 Å². The summed E-state index contributed by atoms with van der Waals surface area (Å²) in [5.74, 6) is -0.751. The smallest absolute Gasteiger partial charge is 0.338 e. The van der Waals surface area contributed by atoms with E-state index >= 15 is 0 Å². The first-order valence-corrected chi connectivity index (χ1v) is 9.54. The number of para-hydroxylation sites is 1. The van der Waals surface area contributed by atoms with Gasteiger partial charge in [0.2, 0.25) is 0 Å². The van der Waals surface area contributed by atoms with Gasteiger partial charge in [0.1, 0.15) is 5.01 Å². The van der Waals surface area contributed by atoms with Crippen LogP contribution in [0.2, 0.25) is 0 Å². The number of thiazole rings is 1. The molecule has 1 atom stereocenters. The molecule has 3 rings (SSSR count). The van der Waals surface area contributed by atoms with Gasteiger partial charge in [-0.3, -0.25) is 4.79 Å². The van der Waals surface area contributed by atoms with E-state index in [0.29, 0.717) is 12.1 Å². The van der Waals surface area contributed by atoms with Crippen LogP contribution in [0.25, 0.3) is 10.2 Å². The maximum atomic E-state index is 12.6. The van der Waals surface area contributed by atoms with Crippen molar-refractivity contribution in [3.63, 3.8) is 0 Å². The van der Waals surface area contributed by atoms with Gasteiger partial charge in [-0.1, -0.05) is 18.2 Å². The number of benzene rings is 2. The van der Waals surface area contributed by atoms with E-state index in [4.69, 9.17) is 4.74 Å². The molecule has 6 heteroatoms. The van der Waals surface area contributed by atoms with Crippen LogP contribution < -0.4 is 0 Å². The maximum absolute atomic E-state index is 12.6. The van der Waals surface area contributed by atoms with Crippen molar-refractivity contribution in [1.82, 2.24) is 9.88 Å². The summed E-state index contributed by atoms with van der Waals surface area (Å²) < 4.78 is 6.45. The van der Waals surface area contributed by atoms with Crippen molar-refractivity contribution >= 4 is 33.4 Å². The molecular weight excluding hydrogens is 360 g/mol. The normalized spacial score (nSPS) is 12.0. The molecule has 2 aromatic carbocycles. The highest BCUT2D eigenvalue weighted by Gasteiger charge is 2.23. The number of hydrogen-bond donors (Lipinski definition) is 0. The molecule has 0 aliphatic rings. The fraction of sp³-hybridized carbons (Fsp3) is 0.286. The molecule has 27 heavy (non-hydrogen) atoms. The Morgan fingerprint density at radius 3 is 2.59 bits per heavy atom. The Morgan fingerprint density at radius 1 is 1.15 bits per heavy atom. The van der Waals surface area contributed by atoms with Gasteiger partial charge in [0.25, 0.3) is 5.91 Å². The van der Waals surface area contributed by atoms with Crippen molar-refractivity contribution in [2.75, 3.05) is 7.05 Å². The molecule has 1 unspecified atom stereocenters. The second-order valence-electron chi connectivity index (χ2n) is 6.62. The third-order valence-corrected chi connectivity index (χ3v) is 5.48. The summed E-state index contributed by atoms with van der Waals surface area (Å²) >= 11 is 1.56. The van der Waals surface area contributed by atoms with Gasteiger partial charge in [-0.15, -0.1) is 11.3 Å². The molecule has 3 aromatic rings. The first-order chi connectivity index (χ1) is 12.8. The van der Waals surface area contributed by atoms with E-state index < -0.39 is 12.1 Å². The number of carbonyl (C=O) groups excluding carboxylic acids is 2. The first-order valence-electron chi connectivity index (χ1n) is 8.73. The van der Waals surface area contributed by atoms with Crippen LogP contribution in [0, 0.1) is 13.8 Å². The van der Waals surface area contributed by atoms with Crippen LogP contribution in [0.15, 0.2) is 42.5 Å². The van der Waals surface area contributed by atoms with Gasteiger partial charge in [0, 0.05) is 7.05 Å². The number of nitrogens with zero attached hydrogens (tertiary/aromatic N) is 2. The van der Waals surface area contributed by atoms with Crippen LogP contribution >= 0.6 is 11.3 Å². The molecular formula is C21H22N2O3S. The molecule has 0 aliphatic heterocycles. The quantitative estimate of drug-likeness (QED) is 0.623. The fourth-order valence-electron chi connectivity index (χ4n) is 2.73. The van der Waals surface area contributed by atoms with Crippen LogP contribution in [0.4, 0.5) is 0 Å². The highest BCUT2D eigenvalue weighted by molar-refractivity contribution is 7.18. The molecule has 0 saturated carbocycles. The van der Waals surface area contributed by atoms with Crippen LogP contribution in [-0.2, 0) is 16.1 Å². The van der Waals surface area contributed by atoms with Crippen molar-refractivity contribution in [2.24, 2.45) is 0 Å². The zero-order valence-electron chi connectivity index (χ0n) is 15.9. The lowest BCUT2D eigenvalue weighted by atomic mass is 10.1. The Morgan fingerprint density at radius 2 is 1.89 bits per heavy atom. The summed E-state index contributed by atoms with van der Waals surface area (Å²) in [5.41, 5.74) is 3.49. The van der Waals surface area contributed by atoms with Crippen molar-refractivity contribution in [2.45, 2.75) is 33.4 Å². The number of aromatic nitrogens is 1. The second-order valence-corrected chi connectivity index (χ2v) is 7.73. The topological polar surface area (TPSA) is 59.5 Å². The molecule has 1 aromatic heterocycles. The Kier molecular flexibility index (Phi) is 5.56. The van der Waals surface area contributed by atoms with Crippen LogP contribution in [0.5, 0.6) is 0 Å². The summed E-state index contributed by atoms with van der Waals surface area (Å²) in [6.45, 7) is 5.89. The molecule has 0 aliphatic carbocycles. The number of likely N-dealkylation sites (N-methyl/N-ethyl adjacent to an activating group) is 1. The zero-order valence-corrected chi connectivity index (χ0v) is 16.7. The number of ether oxygens (including phenoxy) is 1. The minimum atomic E-state index is -0.863. The molecule has 1 heterocycles. The summed E-state index contributed by atoms with van der Waals surface area (Å²) in [6, 6.07) is 13.2. The average molecular weight is 382 g/mol. The number of rotatable bonds is 5. The maximum Gasteiger partial charge on any atom is 0.338 e. The second kappa shape index (κ2) is 7.88. The molecule has 140 valence electrons. The molecule has 0 N–H and O–H groups in total. The summed E-state index contributed by atoms with van der Waals surface area (Å²) in [6.07, 6.45) is -0.863. The van der Waals surface area contributed by atoms with E-state index in [1.807, 2.05) is 44.2 Å². The lowest BCUT2D eigenvalue weighted by Gasteiger charge is -2.20. The van der Waals surface area contributed by atoms with Crippen LogP contribution in [-0.4, -0.2) is 34.9 Å². The third kappa shape index (κ3) is 4.34. The fourth-order valence-corrected chi connectivity index (χ4v) is 3.75. The van der Waals surface area contributed by atoms with Gasteiger partial charge < -0.3 is 9.64 Å². The number of aryl methyl sites for hydroxylation is 2. The molecule has 1 amide bonds. The van der Waals surface area contributed by atoms with E-state index in [1.54, 1.807) is 37.4 Å². The van der Waals surface area contributed by atoms with E-state index in [0.717, 1.165) is 26.4 Å².